The zero-order valence-electron chi connectivity index (χ0n) is 27.7. The largest absolute Gasteiger partial charge is 0.446 e. The summed E-state index contributed by atoms with van der Waals surface area (Å²) in [5.41, 5.74) is 1.17. The lowest BCUT2D eigenvalue weighted by Gasteiger charge is -2.61. The van der Waals surface area contributed by atoms with Crippen LogP contribution >= 0.6 is 0 Å². The van der Waals surface area contributed by atoms with Gasteiger partial charge in [-0.05, 0) is 149 Å². The summed E-state index contributed by atoms with van der Waals surface area (Å²) in [5.74, 6) is 6.58. The predicted molar refractivity (Wildman–Crippen MR) is 171 cm³/mol. The van der Waals surface area contributed by atoms with Crippen LogP contribution in [0.15, 0.2) is 0 Å². The summed E-state index contributed by atoms with van der Waals surface area (Å²) in [5, 5.41) is 6.89. The number of amides is 1. The first-order chi connectivity index (χ1) is 19.7. The van der Waals surface area contributed by atoms with Crippen LogP contribution in [-0.4, -0.2) is 31.3 Å². The average molecular weight is 571 g/mol. The maximum Gasteiger partial charge on any atom is 0.407 e. The predicted octanol–water partition coefficient (Wildman–Crippen LogP) is 9.51. The van der Waals surface area contributed by atoms with Gasteiger partial charge in [0.1, 0.15) is 6.10 Å². The van der Waals surface area contributed by atoms with Crippen LogP contribution in [0.1, 0.15) is 150 Å². The number of carbonyl (C=O) groups excluding carboxylic acids is 1. The molecule has 0 bridgehead atoms. The number of hydrogen-bond donors (Lipinski definition) is 2. The van der Waals surface area contributed by atoms with Crippen molar-refractivity contribution in [3.8, 4) is 0 Å². The first-order valence-corrected chi connectivity index (χ1v) is 18.4. The highest BCUT2D eigenvalue weighted by atomic mass is 16.6. The second-order valence-electron chi connectivity index (χ2n) is 16.6. The van der Waals surface area contributed by atoms with Gasteiger partial charge in [-0.3, -0.25) is 0 Å². The Hall–Kier alpha value is -0.770. The van der Waals surface area contributed by atoms with Gasteiger partial charge in [0.05, 0.1) is 0 Å². The number of fused-ring (bicyclic) bond motifs is 5. The lowest BCUT2D eigenvalue weighted by atomic mass is 9.44. The van der Waals surface area contributed by atoms with Crippen LogP contribution in [0.2, 0.25) is 0 Å². The number of nitrogens with one attached hydrogen (secondary N) is 2. The Morgan fingerprint density at radius 3 is 2.34 bits per heavy atom. The molecule has 4 heteroatoms. The maximum absolute atomic E-state index is 12.1. The van der Waals surface area contributed by atoms with Gasteiger partial charge in [-0.25, -0.2) is 4.79 Å². The SMILES string of the molecule is CC(C)CCCC(C)[C@H]1CCC2C3CCC4CC(NCCCNC(=O)OC5CCCCC5)CCC4(C)C3CCC21C. The first-order valence-electron chi connectivity index (χ1n) is 18.4. The molecule has 5 fully saturated rings. The van der Waals surface area contributed by atoms with E-state index >= 15 is 0 Å². The van der Waals surface area contributed by atoms with Crippen molar-refractivity contribution in [1.29, 1.82) is 0 Å². The highest BCUT2D eigenvalue weighted by Crippen LogP contribution is 2.68. The van der Waals surface area contributed by atoms with E-state index in [2.05, 4.69) is 45.3 Å². The molecule has 9 atom stereocenters. The Bertz CT molecular complexity index is 839. The van der Waals surface area contributed by atoms with Gasteiger partial charge in [0.15, 0.2) is 0 Å². The average Bonchev–Trinajstić information content (AvgIpc) is 3.30. The van der Waals surface area contributed by atoms with E-state index < -0.39 is 0 Å². The molecule has 8 unspecified atom stereocenters. The smallest absolute Gasteiger partial charge is 0.407 e. The summed E-state index contributed by atoms with van der Waals surface area (Å²) >= 11 is 0. The minimum absolute atomic E-state index is 0.143. The molecule has 236 valence electrons. The number of hydrogen-bond acceptors (Lipinski definition) is 3. The van der Waals surface area contributed by atoms with Crippen molar-refractivity contribution >= 4 is 6.09 Å². The highest BCUT2D eigenvalue weighted by molar-refractivity contribution is 5.67. The van der Waals surface area contributed by atoms with E-state index in [0.717, 1.165) is 67.2 Å². The van der Waals surface area contributed by atoms with E-state index in [1.165, 1.54) is 96.3 Å². The zero-order valence-corrected chi connectivity index (χ0v) is 27.7. The van der Waals surface area contributed by atoms with Gasteiger partial charge in [-0.15, -0.1) is 0 Å². The minimum Gasteiger partial charge on any atom is -0.446 e. The molecular weight excluding hydrogens is 504 g/mol. The van der Waals surface area contributed by atoms with Crippen molar-refractivity contribution in [2.45, 2.75) is 162 Å². The molecule has 0 aromatic rings. The molecule has 5 aliphatic rings. The van der Waals surface area contributed by atoms with Crippen molar-refractivity contribution in [2.75, 3.05) is 13.1 Å². The molecule has 5 aliphatic carbocycles. The molecular formula is C37H66N2O2. The Morgan fingerprint density at radius 1 is 0.805 bits per heavy atom. The third-order valence-electron chi connectivity index (χ3n) is 13.7. The Balaban J connectivity index is 1.05. The summed E-state index contributed by atoms with van der Waals surface area (Å²) in [6.45, 7) is 14.6. The molecule has 5 rings (SSSR count). The summed E-state index contributed by atoms with van der Waals surface area (Å²) < 4.78 is 5.60. The molecule has 0 radical (unpaired) electrons. The van der Waals surface area contributed by atoms with E-state index in [4.69, 9.17) is 4.74 Å². The van der Waals surface area contributed by atoms with Gasteiger partial charge in [0, 0.05) is 12.6 Å². The molecule has 4 nitrogen and oxygen atoms in total. The third-order valence-corrected chi connectivity index (χ3v) is 13.7. The quantitative estimate of drug-likeness (QED) is 0.243. The fraction of sp³-hybridized carbons (Fsp3) is 0.973. The van der Waals surface area contributed by atoms with Crippen molar-refractivity contribution in [3.63, 3.8) is 0 Å². The van der Waals surface area contributed by atoms with Gasteiger partial charge in [0.25, 0.3) is 0 Å². The van der Waals surface area contributed by atoms with Crippen molar-refractivity contribution in [2.24, 2.45) is 52.3 Å². The molecule has 5 saturated carbocycles. The Labute approximate surface area is 253 Å². The third kappa shape index (κ3) is 7.15. The second-order valence-corrected chi connectivity index (χ2v) is 16.6. The van der Waals surface area contributed by atoms with Crippen LogP contribution in [0.25, 0.3) is 0 Å². The van der Waals surface area contributed by atoms with Gasteiger partial charge >= 0.3 is 6.09 Å². The zero-order chi connectivity index (χ0) is 29.0. The van der Waals surface area contributed by atoms with Gasteiger partial charge in [-0.1, -0.05) is 60.3 Å². The molecule has 0 aromatic carbocycles. The number of alkyl carbamates (subject to hydrolysis) is 1. The summed E-state index contributed by atoms with van der Waals surface area (Å²) in [4.78, 5) is 12.1. The normalized spacial score (nSPS) is 40.0. The first kappa shape index (κ1) is 31.6. The van der Waals surface area contributed by atoms with Crippen LogP contribution < -0.4 is 10.6 Å². The van der Waals surface area contributed by atoms with Gasteiger partial charge < -0.3 is 15.4 Å². The van der Waals surface area contributed by atoms with E-state index in [1.54, 1.807) is 0 Å². The van der Waals surface area contributed by atoms with E-state index in [-0.39, 0.29) is 12.2 Å². The second kappa shape index (κ2) is 13.9. The van der Waals surface area contributed by atoms with Crippen LogP contribution in [0.3, 0.4) is 0 Å². The van der Waals surface area contributed by atoms with Crippen LogP contribution in [-0.2, 0) is 4.74 Å². The van der Waals surface area contributed by atoms with E-state index in [0.29, 0.717) is 23.4 Å². The van der Waals surface area contributed by atoms with Crippen LogP contribution in [0, 0.1) is 52.3 Å². The van der Waals surface area contributed by atoms with E-state index in [9.17, 15) is 4.79 Å². The highest BCUT2D eigenvalue weighted by Gasteiger charge is 2.60. The van der Waals surface area contributed by atoms with Crippen molar-refractivity contribution in [3.05, 3.63) is 0 Å². The molecule has 2 N–H and O–H groups in total. The van der Waals surface area contributed by atoms with Crippen LogP contribution in [0.4, 0.5) is 4.79 Å². The summed E-state index contributed by atoms with van der Waals surface area (Å²) in [6, 6.07) is 0.662. The molecule has 0 saturated heterocycles. The lowest BCUT2D eigenvalue weighted by Crippen LogP contribution is -2.55. The van der Waals surface area contributed by atoms with E-state index in [1.807, 2.05) is 0 Å². The van der Waals surface area contributed by atoms with Crippen molar-refractivity contribution in [1.82, 2.24) is 10.6 Å². The molecule has 0 heterocycles. The number of rotatable bonds is 11. The fourth-order valence-corrected chi connectivity index (χ4v) is 11.4. The molecule has 1 amide bonds. The van der Waals surface area contributed by atoms with Crippen molar-refractivity contribution < 1.29 is 9.53 Å². The summed E-state index contributed by atoms with van der Waals surface area (Å²) in [6.07, 6.45) is 24.1. The Kier molecular flexibility index (Phi) is 10.7. The standard InChI is InChI=1S/C37H66N2O2/c1-26(2)11-9-12-27(3)32-17-18-33-31-16-15-28-25-29(19-21-36(28,4)34(31)20-22-37(32,33)5)38-23-10-24-39-35(40)41-30-13-7-6-8-14-30/h26-34,38H,6-25H2,1-5H3,(H,39,40)/t27?,28?,29?,31?,32-,33?,34?,36?,37?/m1/s1. The van der Waals surface area contributed by atoms with Crippen LogP contribution in [0.5, 0.6) is 0 Å². The molecule has 0 aromatic heterocycles. The maximum atomic E-state index is 12.1. The monoisotopic (exact) mass is 571 g/mol. The van der Waals surface area contributed by atoms with Gasteiger partial charge in [0.2, 0.25) is 0 Å². The lowest BCUT2D eigenvalue weighted by molar-refractivity contribution is -0.118. The molecule has 0 aliphatic heterocycles. The van der Waals surface area contributed by atoms with Gasteiger partial charge in [-0.2, -0.15) is 0 Å². The minimum atomic E-state index is -0.208. The summed E-state index contributed by atoms with van der Waals surface area (Å²) in [7, 11) is 0. The number of ether oxygens (including phenoxy) is 1. The topological polar surface area (TPSA) is 50.4 Å². The fourth-order valence-electron chi connectivity index (χ4n) is 11.4. The number of carbonyl (C=O) groups is 1. The molecule has 0 spiro atoms. The Morgan fingerprint density at radius 2 is 1.56 bits per heavy atom. The molecule has 41 heavy (non-hydrogen) atoms.